The molecule has 0 saturated carbocycles. The Balaban J connectivity index is 1.72. The van der Waals surface area contributed by atoms with Crippen LogP contribution >= 0.6 is 11.6 Å². The molecule has 1 amide bonds. The average Bonchev–Trinajstić information content (AvgIpc) is 2.73. The molecule has 3 rings (SSSR count). The van der Waals surface area contributed by atoms with Crippen LogP contribution in [0, 0.1) is 0 Å². The summed E-state index contributed by atoms with van der Waals surface area (Å²) in [6.45, 7) is 0.336. The predicted octanol–water partition coefficient (Wildman–Crippen LogP) is 4.43. The lowest BCUT2D eigenvalue weighted by atomic mass is 10.2. The Labute approximate surface area is 168 Å². The van der Waals surface area contributed by atoms with Gasteiger partial charge in [0.25, 0.3) is 5.91 Å². The zero-order chi connectivity index (χ0) is 19.9. The second-order valence-corrected chi connectivity index (χ2v) is 6.33. The van der Waals surface area contributed by atoms with Crippen molar-refractivity contribution in [2.24, 2.45) is 0 Å². The maximum absolute atomic E-state index is 12.5. The first-order chi connectivity index (χ1) is 13.6. The first kappa shape index (κ1) is 19.5. The molecule has 2 N–H and O–H groups in total. The first-order valence-electron chi connectivity index (χ1n) is 8.56. The lowest BCUT2D eigenvalue weighted by Gasteiger charge is -2.13. The lowest BCUT2D eigenvalue weighted by Crippen LogP contribution is -2.23. The third-order valence-electron chi connectivity index (χ3n) is 4.09. The highest BCUT2D eigenvalue weighted by atomic mass is 35.5. The third-order valence-corrected chi connectivity index (χ3v) is 4.45. The monoisotopic (exact) mass is 397 g/mol. The highest BCUT2D eigenvalue weighted by molar-refractivity contribution is 6.31. The van der Waals surface area contributed by atoms with E-state index in [1.165, 1.54) is 6.20 Å². The summed E-state index contributed by atoms with van der Waals surface area (Å²) in [5.74, 6) is 1.07. The van der Waals surface area contributed by atoms with Gasteiger partial charge in [0, 0.05) is 23.8 Å². The van der Waals surface area contributed by atoms with Gasteiger partial charge >= 0.3 is 0 Å². The molecule has 0 unspecified atom stereocenters. The SMILES string of the molecule is COc1ccc(Nc2cncc(C(=O)NCc3ccccc3Cl)c2)c(OC)c1. The summed E-state index contributed by atoms with van der Waals surface area (Å²) < 4.78 is 10.6. The van der Waals surface area contributed by atoms with E-state index in [1.807, 2.05) is 30.3 Å². The van der Waals surface area contributed by atoms with Crippen LogP contribution in [0.3, 0.4) is 0 Å². The zero-order valence-electron chi connectivity index (χ0n) is 15.5. The van der Waals surface area contributed by atoms with E-state index < -0.39 is 0 Å². The molecule has 0 radical (unpaired) electrons. The Kier molecular flexibility index (Phi) is 6.34. The number of ether oxygens (including phenoxy) is 2. The van der Waals surface area contributed by atoms with E-state index in [9.17, 15) is 4.79 Å². The number of pyridine rings is 1. The summed E-state index contributed by atoms with van der Waals surface area (Å²) in [7, 11) is 3.17. The number of carbonyl (C=O) groups excluding carboxylic acids is 1. The highest BCUT2D eigenvalue weighted by Crippen LogP contribution is 2.31. The Morgan fingerprint density at radius 1 is 1.07 bits per heavy atom. The van der Waals surface area contributed by atoms with Crippen LogP contribution in [0.5, 0.6) is 11.5 Å². The molecule has 7 heteroatoms. The van der Waals surface area contributed by atoms with Gasteiger partial charge in [0.15, 0.2) is 0 Å². The minimum Gasteiger partial charge on any atom is -0.497 e. The van der Waals surface area contributed by atoms with Gasteiger partial charge in [-0.05, 0) is 29.8 Å². The zero-order valence-corrected chi connectivity index (χ0v) is 16.3. The molecule has 28 heavy (non-hydrogen) atoms. The maximum Gasteiger partial charge on any atom is 0.253 e. The number of rotatable bonds is 7. The van der Waals surface area contributed by atoms with E-state index in [0.29, 0.717) is 34.3 Å². The van der Waals surface area contributed by atoms with Crippen molar-refractivity contribution in [1.82, 2.24) is 10.3 Å². The van der Waals surface area contributed by atoms with E-state index in [0.717, 1.165) is 11.3 Å². The van der Waals surface area contributed by atoms with Crippen molar-refractivity contribution in [1.29, 1.82) is 0 Å². The Bertz CT molecular complexity index is 979. The van der Waals surface area contributed by atoms with E-state index in [2.05, 4.69) is 15.6 Å². The van der Waals surface area contributed by atoms with Crippen LogP contribution in [0.25, 0.3) is 0 Å². The van der Waals surface area contributed by atoms with Gasteiger partial charge in [-0.2, -0.15) is 0 Å². The van der Waals surface area contributed by atoms with Crippen molar-refractivity contribution in [2.75, 3.05) is 19.5 Å². The molecule has 0 fully saturated rings. The molecule has 0 atom stereocenters. The smallest absolute Gasteiger partial charge is 0.253 e. The van der Waals surface area contributed by atoms with Gasteiger partial charge < -0.3 is 20.1 Å². The van der Waals surface area contributed by atoms with Crippen molar-refractivity contribution in [2.45, 2.75) is 6.54 Å². The number of methoxy groups -OCH3 is 2. The Hall–Kier alpha value is -3.25. The number of halogens is 1. The van der Waals surface area contributed by atoms with Gasteiger partial charge in [0.05, 0.1) is 37.4 Å². The Morgan fingerprint density at radius 2 is 1.89 bits per heavy atom. The Morgan fingerprint density at radius 3 is 2.64 bits per heavy atom. The topological polar surface area (TPSA) is 72.5 Å². The average molecular weight is 398 g/mol. The third kappa shape index (κ3) is 4.72. The molecule has 0 saturated heterocycles. The van der Waals surface area contributed by atoms with Gasteiger partial charge in [-0.1, -0.05) is 29.8 Å². The summed E-state index contributed by atoms with van der Waals surface area (Å²) in [6, 6.07) is 14.5. The molecule has 0 bridgehead atoms. The molecule has 6 nitrogen and oxygen atoms in total. The van der Waals surface area contributed by atoms with Crippen molar-refractivity contribution >= 4 is 28.9 Å². The standard InChI is InChI=1S/C21H20ClN3O3/c1-27-17-7-8-19(20(10-17)28-2)25-16-9-15(11-23-13-16)21(26)24-12-14-5-3-4-6-18(14)22/h3-11,13,25H,12H2,1-2H3,(H,24,26). The summed E-state index contributed by atoms with van der Waals surface area (Å²) in [5.41, 5.74) is 2.68. The molecule has 0 aliphatic heterocycles. The van der Waals surface area contributed by atoms with Gasteiger partial charge in [0.1, 0.15) is 11.5 Å². The van der Waals surface area contributed by atoms with Gasteiger partial charge in [0.2, 0.25) is 0 Å². The van der Waals surface area contributed by atoms with Crippen LogP contribution in [0.15, 0.2) is 60.9 Å². The minimum atomic E-state index is -0.238. The van der Waals surface area contributed by atoms with Crippen molar-refractivity contribution in [3.63, 3.8) is 0 Å². The molecule has 144 valence electrons. The van der Waals surface area contributed by atoms with Crippen molar-refractivity contribution in [3.05, 3.63) is 77.1 Å². The van der Waals surface area contributed by atoms with E-state index >= 15 is 0 Å². The van der Waals surface area contributed by atoms with Gasteiger partial charge in [-0.25, -0.2) is 0 Å². The summed E-state index contributed by atoms with van der Waals surface area (Å²) >= 11 is 6.12. The summed E-state index contributed by atoms with van der Waals surface area (Å²) in [6.07, 6.45) is 3.15. The predicted molar refractivity (Wildman–Crippen MR) is 110 cm³/mol. The van der Waals surface area contributed by atoms with Crippen LogP contribution in [0.1, 0.15) is 15.9 Å². The van der Waals surface area contributed by atoms with Gasteiger partial charge in [-0.15, -0.1) is 0 Å². The molecule has 0 aliphatic rings. The summed E-state index contributed by atoms with van der Waals surface area (Å²) in [5, 5.41) is 6.67. The number of hydrogen-bond donors (Lipinski definition) is 2. The number of carbonyl (C=O) groups is 1. The number of nitrogens with one attached hydrogen (secondary N) is 2. The normalized spacial score (nSPS) is 10.2. The number of amides is 1. The maximum atomic E-state index is 12.5. The van der Waals surface area contributed by atoms with Crippen molar-refractivity contribution in [3.8, 4) is 11.5 Å². The van der Waals surface area contributed by atoms with Gasteiger partial charge in [-0.3, -0.25) is 9.78 Å². The number of anilines is 2. The van der Waals surface area contributed by atoms with Crippen LogP contribution in [0.2, 0.25) is 5.02 Å². The first-order valence-corrected chi connectivity index (χ1v) is 8.94. The van der Waals surface area contributed by atoms with Crippen molar-refractivity contribution < 1.29 is 14.3 Å². The molecule has 3 aromatic rings. The van der Waals surface area contributed by atoms with E-state index in [-0.39, 0.29) is 5.91 Å². The quantitative estimate of drug-likeness (QED) is 0.617. The minimum absolute atomic E-state index is 0.238. The number of hydrogen-bond acceptors (Lipinski definition) is 5. The number of aromatic nitrogens is 1. The fourth-order valence-electron chi connectivity index (χ4n) is 2.61. The molecule has 1 aromatic heterocycles. The fraction of sp³-hybridized carbons (Fsp3) is 0.143. The van der Waals surface area contributed by atoms with E-state index in [1.54, 1.807) is 38.6 Å². The molecule has 2 aromatic carbocycles. The van der Waals surface area contributed by atoms with Crippen LogP contribution < -0.4 is 20.1 Å². The van der Waals surface area contributed by atoms with Crippen LogP contribution in [-0.4, -0.2) is 25.1 Å². The highest BCUT2D eigenvalue weighted by Gasteiger charge is 2.10. The van der Waals surface area contributed by atoms with E-state index in [4.69, 9.17) is 21.1 Å². The van der Waals surface area contributed by atoms with Crippen LogP contribution in [0.4, 0.5) is 11.4 Å². The number of nitrogens with zero attached hydrogens (tertiary/aromatic N) is 1. The lowest BCUT2D eigenvalue weighted by molar-refractivity contribution is 0.0950. The second kappa shape index (κ2) is 9.10. The second-order valence-electron chi connectivity index (χ2n) is 5.93. The largest absolute Gasteiger partial charge is 0.497 e. The molecular formula is C21H20ClN3O3. The molecule has 0 aliphatic carbocycles. The number of benzene rings is 2. The van der Waals surface area contributed by atoms with Crippen LogP contribution in [-0.2, 0) is 6.54 Å². The molecule has 1 heterocycles. The fourth-order valence-corrected chi connectivity index (χ4v) is 2.81. The molecular weight excluding hydrogens is 378 g/mol. The molecule has 0 spiro atoms. The summed E-state index contributed by atoms with van der Waals surface area (Å²) in [4.78, 5) is 16.6.